The Morgan fingerprint density at radius 2 is 1.79 bits per heavy atom. The lowest BCUT2D eigenvalue weighted by molar-refractivity contribution is -0.125. The summed E-state index contributed by atoms with van der Waals surface area (Å²) in [6, 6.07) is 11.4. The Morgan fingerprint density at radius 1 is 1.16 bits per heavy atom. The minimum Gasteiger partial charge on any atom is -0.300 e. The summed E-state index contributed by atoms with van der Waals surface area (Å²) in [7, 11) is 2.23. The highest BCUT2D eigenvalue weighted by Gasteiger charge is 2.46. The molecule has 1 aromatic carbocycles. The van der Waals surface area contributed by atoms with Crippen molar-refractivity contribution in [2.75, 3.05) is 7.05 Å². The van der Waals surface area contributed by atoms with E-state index in [9.17, 15) is 4.79 Å². The second-order valence-corrected chi connectivity index (χ2v) is 6.50. The Balaban J connectivity index is 1.51. The van der Waals surface area contributed by atoms with Crippen molar-refractivity contribution in [3.8, 4) is 0 Å². The molecule has 2 fully saturated rings. The van der Waals surface area contributed by atoms with Gasteiger partial charge in [-0.05, 0) is 43.7 Å². The molecular weight excluding hydrogens is 234 g/mol. The van der Waals surface area contributed by atoms with Crippen LogP contribution in [-0.4, -0.2) is 23.8 Å². The van der Waals surface area contributed by atoms with Crippen molar-refractivity contribution in [2.24, 2.45) is 5.41 Å². The lowest BCUT2D eigenvalue weighted by atomic mass is 9.58. The summed E-state index contributed by atoms with van der Waals surface area (Å²) >= 11 is 0. The number of benzene rings is 1. The highest BCUT2D eigenvalue weighted by Crippen LogP contribution is 2.52. The molecule has 0 aromatic heterocycles. The third-order valence-electron chi connectivity index (χ3n) is 5.10. The fourth-order valence-electron chi connectivity index (χ4n) is 3.72. The molecular formula is C17H23NO. The van der Waals surface area contributed by atoms with Gasteiger partial charge in [0, 0.05) is 25.4 Å². The molecule has 19 heavy (non-hydrogen) atoms. The molecule has 0 N–H and O–H groups in total. The predicted molar refractivity (Wildman–Crippen MR) is 76.8 cm³/mol. The Hall–Kier alpha value is -1.15. The third-order valence-corrected chi connectivity index (χ3v) is 5.10. The highest BCUT2D eigenvalue weighted by molar-refractivity contribution is 5.79. The van der Waals surface area contributed by atoms with Crippen LogP contribution in [0.3, 0.4) is 0 Å². The summed E-state index contributed by atoms with van der Waals surface area (Å²) in [6.07, 6.45) is 6.53. The number of hydrogen-bond donors (Lipinski definition) is 0. The fraction of sp³-hybridized carbons (Fsp3) is 0.588. The van der Waals surface area contributed by atoms with Crippen molar-refractivity contribution in [2.45, 2.75) is 51.1 Å². The Morgan fingerprint density at radius 3 is 2.42 bits per heavy atom. The monoisotopic (exact) mass is 257 g/mol. The first-order valence-electron chi connectivity index (χ1n) is 7.43. The molecule has 0 radical (unpaired) electrons. The van der Waals surface area contributed by atoms with Gasteiger partial charge >= 0.3 is 0 Å². The molecule has 3 rings (SSSR count). The van der Waals surface area contributed by atoms with Crippen molar-refractivity contribution >= 4 is 5.78 Å². The topological polar surface area (TPSA) is 20.3 Å². The Labute approximate surface area is 115 Å². The van der Waals surface area contributed by atoms with Gasteiger partial charge in [0.05, 0.1) is 0 Å². The second kappa shape index (κ2) is 5.09. The molecule has 0 amide bonds. The number of carbonyl (C=O) groups is 1. The summed E-state index contributed by atoms with van der Waals surface area (Å²) < 4.78 is 0. The number of nitrogens with zero attached hydrogens (tertiary/aromatic N) is 1. The quantitative estimate of drug-likeness (QED) is 0.827. The van der Waals surface area contributed by atoms with Crippen LogP contribution in [0.25, 0.3) is 0 Å². The summed E-state index contributed by atoms with van der Waals surface area (Å²) in [6.45, 7) is 1.04. The zero-order valence-corrected chi connectivity index (χ0v) is 11.8. The van der Waals surface area contributed by atoms with Gasteiger partial charge in [0.2, 0.25) is 0 Å². The number of ketones is 1. The van der Waals surface area contributed by atoms with Crippen LogP contribution in [0.1, 0.15) is 44.1 Å². The molecule has 102 valence electrons. The second-order valence-electron chi connectivity index (χ2n) is 6.50. The predicted octanol–water partition coefficient (Wildman–Crippen LogP) is 3.41. The number of hydrogen-bond acceptors (Lipinski definition) is 2. The van der Waals surface area contributed by atoms with E-state index in [0.717, 1.165) is 32.2 Å². The van der Waals surface area contributed by atoms with Gasteiger partial charge in [-0.25, -0.2) is 0 Å². The summed E-state index contributed by atoms with van der Waals surface area (Å²) in [5.74, 6) is 0.478. The van der Waals surface area contributed by atoms with Gasteiger partial charge in [0.15, 0.2) is 0 Å². The van der Waals surface area contributed by atoms with Crippen molar-refractivity contribution in [3.63, 3.8) is 0 Å². The zero-order chi connectivity index (χ0) is 13.3. The number of carbonyl (C=O) groups excluding carboxylic acids is 1. The Kier molecular flexibility index (Phi) is 3.44. The molecule has 2 nitrogen and oxygen atoms in total. The van der Waals surface area contributed by atoms with E-state index < -0.39 is 0 Å². The maximum absolute atomic E-state index is 11.3. The first-order valence-corrected chi connectivity index (χ1v) is 7.43. The van der Waals surface area contributed by atoms with Gasteiger partial charge in [-0.2, -0.15) is 0 Å². The average molecular weight is 257 g/mol. The molecule has 0 unspecified atom stereocenters. The Bertz CT molecular complexity index is 436. The van der Waals surface area contributed by atoms with Gasteiger partial charge in [-0.1, -0.05) is 30.3 Å². The van der Waals surface area contributed by atoms with Crippen LogP contribution < -0.4 is 0 Å². The van der Waals surface area contributed by atoms with Gasteiger partial charge in [-0.3, -0.25) is 9.69 Å². The molecule has 2 aliphatic rings. The minimum atomic E-state index is 0.478. The summed E-state index contributed by atoms with van der Waals surface area (Å²) in [5.41, 5.74) is 1.91. The maximum Gasteiger partial charge on any atom is 0.132 e. The highest BCUT2D eigenvalue weighted by atomic mass is 16.1. The van der Waals surface area contributed by atoms with Gasteiger partial charge in [0.25, 0.3) is 0 Å². The third kappa shape index (κ3) is 2.74. The average Bonchev–Trinajstić information content (AvgIpc) is 2.38. The smallest absolute Gasteiger partial charge is 0.132 e. The molecule has 1 aromatic rings. The molecule has 2 aliphatic carbocycles. The normalized spacial score (nSPS) is 22.7. The van der Waals surface area contributed by atoms with Crippen LogP contribution in [-0.2, 0) is 11.3 Å². The standard InChI is InChI=1S/C17H23NO/c1-18(13-14-5-3-2-4-6-14)15-11-17(12-15)9-7-16(19)8-10-17/h2-6,15H,7-13H2,1H3. The van der Waals surface area contributed by atoms with E-state index >= 15 is 0 Å². The van der Waals surface area contributed by atoms with Crippen LogP contribution in [0.15, 0.2) is 30.3 Å². The van der Waals surface area contributed by atoms with E-state index in [1.165, 1.54) is 18.4 Å². The SMILES string of the molecule is CN(Cc1ccccc1)C1CC2(CCC(=O)CC2)C1. The molecule has 2 heteroatoms. The molecule has 0 aliphatic heterocycles. The van der Waals surface area contributed by atoms with E-state index in [2.05, 4.69) is 42.3 Å². The zero-order valence-electron chi connectivity index (χ0n) is 11.8. The molecule has 2 saturated carbocycles. The molecule has 1 spiro atoms. The van der Waals surface area contributed by atoms with Crippen molar-refractivity contribution in [1.29, 1.82) is 0 Å². The van der Waals surface area contributed by atoms with Gasteiger partial charge in [0.1, 0.15) is 5.78 Å². The largest absolute Gasteiger partial charge is 0.300 e. The molecule has 0 saturated heterocycles. The van der Waals surface area contributed by atoms with Crippen molar-refractivity contribution in [3.05, 3.63) is 35.9 Å². The van der Waals surface area contributed by atoms with Crippen LogP contribution >= 0.6 is 0 Å². The van der Waals surface area contributed by atoms with Crippen LogP contribution in [0.4, 0.5) is 0 Å². The van der Waals surface area contributed by atoms with Crippen LogP contribution in [0, 0.1) is 5.41 Å². The van der Waals surface area contributed by atoms with E-state index in [1.54, 1.807) is 0 Å². The van der Waals surface area contributed by atoms with Crippen molar-refractivity contribution < 1.29 is 4.79 Å². The summed E-state index contributed by atoms with van der Waals surface area (Å²) in [4.78, 5) is 13.8. The fourth-order valence-corrected chi connectivity index (χ4v) is 3.72. The van der Waals surface area contributed by atoms with Crippen LogP contribution in [0.2, 0.25) is 0 Å². The number of rotatable bonds is 3. The van der Waals surface area contributed by atoms with E-state index in [-0.39, 0.29) is 0 Å². The van der Waals surface area contributed by atoms with Gasteiger partial charge in [-0.15, -0.1) is 0 Å². The van der Waals surface area contributed by atoms with E-state index in [1.807, 2.05) is 0 Å². The molecule has 0 atom stereocenters. The first kappa shape index (κ1) is 12.9. The molecule has 0 heterocycles. The lowest BCUT2D eigenvalue weighted by Gasteiger charge is -2.53. The maximum atomic E-state index is 11.3. The first-order chi connectivity index (χ1) is 9.17. The van der Waals surface area contributed by atoms with E-state index in [0.29, 0.717) is 17.2 Å². The lowest BCUT2D eigenvalue weighted by Crippen LogP contribution is -2.50. The summed E-state index contributed by atoms with van der Waals surface area (Å²) in [5, 5.41) is 0. The van der Waals surface area contributed by atoms with Crippen molar-refractivity contribution in [1.82, 2.24) is 4.90 Å². The molecule has 0 bridgehead atoms. The van der Waals surface area contributed by atoms with Gasteiger partial charge < -0.3 is 0 Å². The minimum absolute atomic E-state index is 0.478. The number of Topliss-reactive ketones (excluding diaryl/α,β-unsaturated/α-hetero) is 1. The van der Waals surface area contributed by atoms with Crippen LogP contribution in [0.5, 0.6) is 0 Å². The van der Waals surface area contributed by atoms with E-state index in [4.69, 9.17) is 0 Å².